The summed E-state index contributed by atoms with van der Waals surface area (Å²) in [6, 6.07) is 9.78. The maximum absolute atomic E-state index is 12.8. The Morgan fingerprint density at radius 1 is 1.24 bits per heavy atom. The number of carbonyl (C=O) groups is 2. The van der Waals surface area contributed by atoms with Crippen LogP contribution in [0.25, 0.3) is 0 Å². The van der Waals surface area contributed by atoms with Crippen molar-refractivity contribution < 1.29 is 19.1 Å². The first-order chi connectivity index (χ1) is 14.1. The van der Waals surface area contributed by atoms with Crippen LogP contribution in [0.15, 0.2) is 30.3 Å². The van der Waals surface area contributed by atoms with E-state index >= 15 is 0 Å². The highest BCUT2D eigenvalue weighted by molar-refractivity contribution is 5.94. The normalized spacial score (nSPS) is 20.9. The topological polar surface area (TPSA) is 94.5 Å². The van der Waals surface area contributed by atoms with Crippen LogP contribution in [0.3, 0.4) is 0 Å². The van der Waals surface area contributed by atoms with Crippen molar-refractivity contribution in [2.45, 2.75) is 32.1 Å². The van der Waals surface area contributed by atoms with Crippen LogP contribution in [0.5, 0.6) is 0 Å². The van der Waals surface area contributed by atoms with Gasteiger partial charge in [0.25, 0.3) is 5.91 Å². The predicted molar refractivity (Wildman–Crippen MR) is 105 cm³/mol. The standard InChI is InChI=1S/C21H26N4O4/c1-25-19(21(27)22-10-14-5-3-2-4-6-14)17-9-16(29-13-18(17)24-25)11-23-20(26)15-7-8-28-12-15/h2-6,15-16H,7-13H2,1H3,(H,22,27)(H,23,26). The molecule has 8 heteroatoms. The largest absolute Gasteiger partial charge is 0.381 e. The van der Waals surface area contributed by atoms with Crippen LogP contribution in [0.2, 0.25) is 0 Å². The van der Waals surface area contributed by atoms with E-state index in [9.17, 15) is 9.59 Å². The molecular weight excluding hydrogens is 372 g/mol. The van der Waals surface area contributed by atoms with E-state index in [1.807, 2.05) is 30.3 Å². The molecule has 8 nitrogen and oxygen atoms in total. The first-order valence-electron chi connectivity index (χ1n) is 9.95. The number of benzene rings is 1. The molecule has 2 unspecified atom stereocenters. The first-order valence-corrected chi connectivity index (χ1v) is 9.95. The molecule has 154 valence electrons. The third kappa shape index (κ3) is 4.49. The van der Waals surface area contributed by atoms with Crippen molar-refractivity contribution in [3.05, 3.63) is 52.8 Å². The molecule has 2 aliphatic rings. The van der Waals surface area contributed by atoms with E-state index in [-0.39, 0.29) is 23.8 Å². The molecule has 1 aromatic carbocycles. The van der Waals surface area contributed by atoms with Crippen LogP contribution in [0.1, 0.15) is 33.7 Å². The molecule has 1 saturated heterocycles. The van der Waals surface area contributed by atoms with Gasteiger partial charge in [0, 0.05) is 38.7 Å². The summed E-state index contributed by atoms with van der Waals surface area (Å²) in [6.07, 6.45) is 1.12. The SMILES string of the molecule is Cn1nc2c(c1C(=O)NCc1ccccc1)CC(CNC(=O)C1CCOC1)OC2. The summed E-state index contributed by atoms with van der Waals surface area (Å²) in [5.41, 5.74) is 3.27. The van der Waals surface area contributed by atoms with Gasteiger partial charge in [0.05, 0.1) is 30.9 Å². The van der Waals surface area contributed by atoms with Gasteiger partial charge in [-0.25, -0.2) is 0 Å². The van der Waals surface area contributed by atoms with Crippen LogP contribution in [-0.4, -0.2) is 47.5 Å². The van der Waals surface area contributed by atoms with E-state index in [1.54, 1.807) is 11.7 Å². The van der Waals surface area contributed by atoms with E-state index in [2.05, 4.69) is 15.7 Å². The van der Waals surface area contributed by atoms with E-state index in [1.165, 1.54) is 0 Å². The fraction of sp³-hybridized carbons (Fsp3) is 0.476. The zero-order chi connectivity index (χ0) is 20.2. The van der Waals surface area contributed by atoms with Crippen LogP contribution in [-0.2, 0) is 40.9 Å². The van der Waals surface area contributed by atoms with Crippen molar-refractivity contribution in [1.29, 1.82) is 0 Å². The lowest BCUT2D eigenvalue weighted by atomic mass is 10.0. The Bertz CT molecular complexity index is 874. The molecule has 0 saturated carbocycles. The molecule has 0 radical (unpaired) electrons. The zero-order valence-electron chi connectivity index (χ0n) is 16.5. The molecule has 1 aromatic heterocycles. The highest BCUT2D eigenvalue weighted by atomic mass is 16.5. The van der Waals surface area contributed by atoms with Gasteiger partial charge in [-0.15, -0.1) is 0 Å². The molecule has 2 aliphatic heterocycles. The van der Waals surface area contributed by atoms with Crippen molar-refractivity contribution in [2.75, 3.05) is 19.8 Å². The van der Waals surface area contributed by atoms with Gasteiger partial charge in [-0.3, -0.25) is 14.3 Å². The van der Waals surface area contributed by atoms with Gasteiger partial charge >= 0.3 is 0 Å². The van der Waals surface area contributed by atoms with Crippen LogP contribution in [0, 0.1) is 5.92 Å². The Hall–Kier alpha value is -2.71. The number of aromatic nitrogens is 2. The van der Waals surface area contributed by atoms with Crippen LogP contribution in [0.4, 0.5) is 0 Å². The fourth-order valence-corrected chi connectivity index (χ4v) is 3.81. The van der Waals surface area contributed by atoms with Gasteiger partial charge in [-0.1, -0.05) is 30.3 Å². The van der Waals surface area contributed by atoms with Crippen molar-refractivity contribution in [3.8, 4) is 0 Å². The lowest BCUT2D eigenvalue weighted by Gasteiger charge is -2.23. The minimum Gasteiger partial charge on any atom is -0.381 e. The quantitative estimate of drug-likeness (QED) is 0.755. The molecule has 2 N–H and O–H groups in total. The Balaban J connectivity index is 1.38. The number of hydrogen-bond donors (Lipinski definition) is 2. The molecule has 2 atom stereocenters. The van der Waals surface area contributed by atoms with Crippen molar-refractivity contribution in [2.24, 2.45) is 13.0 Å². The van der Waals surface area contributed by atoms with Gasteiger partial charge in [-0.05, 0) is 12.0 Å². The Kier molecular flexibility index (Phi) is 5.92. The van der Waals surface area contributed by atoms with E-state index in [0.717, 1.165) is 23.2 Å². The number of rotatable bonds is 6. The Labute approximate surface area is 169 Å². The number of amides is 2. The van der Waals surface area contributed by atoms with Gasteiger partial charge in [-0.2, -0.15) is 5.10 Å². The minimum atomic E-state index is -0.182. The molecule has 1 fully saturated rings. The summed E-state index contributed by atoms with van der Waals surface area (Å²) in [7, 11) is 1.77. The van der Waals surface area contributed by atoms with Crippen molar-refractivity contribution in [3.63, 3.8) is 0 Å². The summed E-state index contributed by atoms with van der Waals surface area (Å²) in [5, 5.41) is 10.4. The molecule has 0 aliphatic carbocycles. The third-order valence-electron chi connectivity index (χ3n) is 5.43. The highest BCUT2D eigenvalue weighted by Gasteiger charge is 2.30. The lowest BCUT2D eigenvalue weighted by molar-refractivity contribution is -0.125. The number of aryl methyl sites for hydroxylation is 1. The molecular formula is C21H26N4O4. The van der Waals surface area contributed by atoms with Gasteiger partial charge in [0.15, 0.2) is 0 Å². The number of ether oxygens (including phenoxy) is 2. The highest BCUT2D eigenvalue weighted by Crippen LogP contribution is 2.23. The van der Waals surface area contributed by atoms with E-state index in [4.69, 9.17) is 9.47 Å². The second-order valence-corrected chi connectivity index (χ2v) is 7.51. The molecule has 0 bridgehead atoms. The molecule has 2 aromatic rings. The maximum Gasteiger partial charge on any atom is 0.270 e. The minimum absolute atomic E-state index is 0.00362. The second-order valence-electron chi connectivity index (χ2n) is 7.51. The Morgan fingerprint density at radius 2 is 2.07 bits per heavy atom. The van der Waals surface area contributed by atoms with Crippen LogP contribution < -0.4 is 10.6 Å². The summed E-state index contributed by atoms with van der Waals surface area (Å²) in [6.45, 7) is 2.32. The number of nitrogens with one attached hydrogen (secondary N) is 2. The van der Waals surface area contributed by atoms with Crippen molar-refractivity contribution >= 4 is 11.8 Å². The summed E-state index contributed by atoms with van der Waals surface area (Å²) in [4.78, 5) is 25.0. The monoisotopic (exact) mass is 398 g/mol. The molecule has 3 heterocycles. The van der Waals surface area contributed by atoms with Gasteiger partial charge < -0.3 is 20.1 Å². The van der Waals surface area contributed by atoms with Gasteiger partial charge in [0.2, 0.25) is 5.91 Å². The zero-order valence-corrected chi connectivity index (χ0v) is 16.5. The maximum atomic E-state index is 12.8. The summed E-state index contributed by atoms with van der Waals surface area (Å²) >= 11 is 0. The fourth-order valence-electron chi connectivity index (χ4n) is 3.81. The smallest absolute Gasteiger partial charge is 0.270 e. The average molecular weight is 398 g/mol. The summed E-state index contributed by atoms with van der Waals surface area (Å²) < 4.78 is 12.7. The van der Waals surface area contributed by atoms with Crippen LogP contribution >= 0.6 is 0 Å². The van der Waals surface area contributed by atoms with Crippen molar-refractivity contribution in [1.82, 2.24) is 20.4 Å². The number of fused-ring (bicyclic) bond motifs is 1. The number of carbonyl (C=O) groups excluding carboxylic acids is 2. The molecule has 0 spiro atoms. The average Bonchev–Trinajstić information content (AvgIpc) is 3.38. The molecule has 2 amide bonds. The first kappa shape index (κ1) is 19.6. The van der Waals surface area contributed by atoms with E-state index < -0.39 is 0 Å². The summed E-state index contributed by atoms with van der Waals surface area (Å²) in [5.74, 6) is -0.228. The number of hydrogen-bond acceptors (Lipinski definition) is 5. The third-order valence-corrected chi connectivity index (χ3v) is 5.43. The van der Waals surface area contributed by atoms with E-state index in [0.29, 0.717) is 45.0 Å². The lowest BCUT2D eigenvalue weighted by Crippen LogP contribution is -2.40. The molecule has 29 heavy (non-hydrogen) atoms. The molecule has 4 rings (SSSR count). The van der Waals surface area contributed by atoms with Gasteiger partial charge in [0.1, 0.15) is 5.69 Å². The second kappa shape index (κ2) is 8.75. The predicted octanol–water partition coefficient (Wildman–Crippen LogP) is 0.944. The number of nitrogens with zero attached hydrogens (tertiary/aromatic N) is 2. The Morgan fingerprint density at radius 3 is 2.83 bits per heavy atom.